The van der Waals surface area contributed by atoms with E-state index in [1.54, 1.807) is 13.1 Å². The molecule has 2 aromatic rings. The second-order valence-electron chi connectivity index (χ2n) is 6.92. The van der Waals surface area contributed by atoms with E-state index in [4.69, 9.17) is 5.11 Å². The molecule has 8 heteroatoms. The number of quaternary nitrogens is 1. The van der Waals surface area contributed by atoms with E-state index in [1.165, 1.54) is 4.31 Å². The van der Waals surface area contributed by atoms with Crippen LogP contribution in [0.2, 0.25) is 0 Å². The second-order valence-corrected chi connectivity index (χ2v) is 9.77. The van der Waals surface area contributed by atoms with Crippen molar-refractivity contribution in [3.05, 3.63) is 58.1 Å². The van der Waals surface area contributed by atoms with Gasteiger partial charge in [-0.2, -0.15) is 0 Å². The number of nitrogens with two attached hydrogens (primary N) is 1. The maximum atomic E-state index is 13.2. The number of hydrogen-bond donors (Lipinski definition) is 2. The molecule has 0 radical (unpaired) electrons. The minimum absolute atomic E-state index is 0.140. The third-order valence-corrected chi connectivity index (χ3v) is 7.38. The number of carbonyl (C=O) groups is 1. The summed E-state index contributed by atoms with van der Waals surface area (Å²) in [5.41, 5.74) is 2.41. The van der Waals surface area contributed by atoms with Crippen LogP contribution in [0.25, 0.3) is 0 Å². The molecule has 0 fully saturated rings. The number of carboxylic acid groups (broad SMARTS) is 1. The standard InChI is InChI=1S/C20H23BrN2O4S/c1-23-17-8-5-4-7-15(17)20(22-12-6-2-3-9-19(24)25)16-11-10-14(21)13-18(16)28(23,26)27/h4-5,7-8,10-11,13,20,22H,2-3,6,9,12H2,1H3,(H,24,25)/p+1. The van der Waals surface area contributed by atoms with Crippen LogP contribution in [0.3, 0.4) is 0 Å². The molecule has 3 N–H and O–H groups in total. The zero-order chi connectivity index (χ0) is 20.3. The van der Waals surface area contributed by atoms with E-state index in [0.29, 0.717) is 17.0 Å². The first-order valence-corrected chi connectivity index (χ1v) is 11.5. The van der Waals surface area contributed by atoms with Crippen molar-refractivity contribution >= 4 is 37.6 Å². The first-order chi connectivity index (χ1) is 13.3. The van der Waals surface area contributed by atoms with Crippen LogP contribution in [0.4, 0.5) is 5.69 Å². The minimum atomic E-state index is -3.66. The predicted molar refractivity (Wildman–Crippen MR) is 111 cm³/mol. The van der Waals surface area contributed by atoms with Crippen molar-refractivity contribution in [2.24, 2.45) is 0 Å². The topological polar surface area (TPSA) is 91.3 Å². The first-order valence-electron chi connectivity index (χ1n) is 9.25. The molecule has 0 amide bonds. The Morgan fingerprint density at radius 1 is 1.14 bits per heavy atom. The number of para-hydroxylation sites is 1. The number of halogens is 1. The quantitative estimate of drug-likeness (QED) is 0.612. The van der Waals surface area contributed by atoms with Gasteiger partial charge in [0.1, 0.15) is 6.04 Å². The number of nitrogens with zero attached hydrogens (tertiary/aromatic N) is 1. The highest BCUT2D eigenvalue weighted by atomic mass is 79.9. The summed E-state index contributed by atoms with van der Waals surface area (Å²) in [6.07, 6.45) is 2.56. The number of hydrogen-bond acceptors (Lipinski definition) is 3. The molecule has 150 valence electrons. The molecule has 28 heavy (non-hydrogen) atoms. The Hall–Kier alpha value is -1.90. The van der Waals surface area contributed by atoms with Crippen molar-refractivity contribution in [1.82, 2.24) is 0 Å². The van der Waals surface area contributed by atoms with Crippen LogP contribution in [0.1, 0.15) is 42.9 Å². The molecule has 1 aliphatic heterocycles. The van der Waals surface area contributed by atoms with Gasteiger partial charge in [-0.3, -0.25) is 9.10 Å². The smallest absolute Gasteiger partial charge is 0.303 e. The number of fused-ring (bicyclic) bond motifs is 2. The van der Waals surface area contributed by atoms with Gasteiger partial charge in [-0.1, -0.05) is 40.2 Å². The minimum Gasteiger partial charge on any atom is -0.481 e. The molecule has 0 aliphatic carbocycles. The zero-order valence-corrected chi connectivity index (χ0v) is 18.0. The summed E-state index contributed by atoms with van der Waals surface area (Å²) < 4.78 is 28.5. The largest absolute Gasteiger partial charge is 0.481 e. The van der Waals surface area contributed by atoms with Crippen molar-refractivity contribution in [2.45, 2.75) is 36.6 Å². The van der Waals surface area contributed by atoms with Crippen LogP contribution in [-0.4, -0.2) is 33.1 Å². The van der Waals surface area contributed by atoms with Crippen molar-refractivity contribution in [2.75, 3.05) is 17.9 Å². The summed E-state index contributed by atoms with van der Waals surface area (Å²) in [6, 6.07) is 12.9. The molecule has 1 unspecified atom stereocenters. The summed E-state index contributed by atoms with van der Waals surface area (Å²) >= 11 is 3.39. The Morgan fingerprint density at radius 2 is 1.89 bits per heavy atom. The molecule has 1 aliphatic rings. The molecule has 1 heterocycles. The van der Waals surface area contributed by atoms with E-state index in [1.807, 2.05) is 36.4 Å². The molecule has 0 saturated carbocycles. The van der Waals surface area contributed by atoms with Gasteiger partial charge in [0.05, 0.1) is 17.1 Å². The highest BCUT2D eigenvalue weighted by Crippen LogP contribution is 2.39. The lowest BCUT2D eigenvalue weighted by Gasteiger charge is -2.20. The van der Waals surface area contributed by atoms with E-state index in [9.17, 15) is 13.2 Å². The van der Waals surface area contributed by atoms with Gasteiger partial charge in [0, 0.05) is 29.1 Å². The molecular formula is C20H24BrN2O4S+. The molecule has 2 aromatic carbocycles. The van der Waals surface area contributed by atoms with Crippen molar-refractivity contribution in [1.29, 1.82) is 0 Å². The molecule has 0 spiro atoms. The number of anilines is 1. The Bertz CT molecular complexity index is 978. The van der Waals surface area contributed by atoms with Gasteiger partial charge in [0.2, 0.25) is 0 Å². The van der Waals surface area contributed by atoms with Gasteiger partial charge < -0.3 is 10.4 Å². The van der Waals surface area contributed by atoms with Gasteiger partial charge in [-0.25, -0.2) is 8.42 Å². The van der Waals surface area contributed by atoms with Crippen LogP contribution in [-0.2, 0) is 14.8 Å². The highest BCUT2D eigenvalue weighted by molar-refractivity contribution is 9.10. The van der Waals surface area contributed by atoms with E-state index in [-0.39, 0.29) is 12.5 Å². The Kier molecular flexibility index (Phi) is 6.42. The Morgan fingerprint density at radius 3 is 2.64 bits per heavy atom. The Labute approximate surface area is 173 Å². The molecule has 6 nitrogen and oxygen atoms in total. The lowest BCUT2D eigenvalue weighted by atomic mass is 9.96. The van der Waals surface area contributed by atoms with E-state index >= 15 is 0 Å². The number of aliphatic carboxylic acids is 1. The van der Waals surface area contributed by atoms with Crippen LogP contribution < -0.4 is 9.62 Å². The fourth-order valence-corrected chi connectivity index (χ4v) is 5.61. The maximum absolute atomic E-state index is 13.2. The Balaban J connectivity index is 1.93. The van der Waals surface area contributed by atoms with Crippen LogP contribution >= 0.6 is 15.9 Å². The molecule has 3 rings (SSSR count). The monoisotopic (exact) mass is 467 g/mol. The molecule has 0 saturated heterocycles. The maximum Gasteiger partial charge on any atom is 0.303 e. The van der Waals surface area contributed by atoms with Gasteiger partial charge in [0.15, 0.2) is 0 Å². The second kappa shape index (κ2) is 8.63. The van der Waals surface area contributed by atoms with Crippen LogP contribution in [0.15, 0.2) is 51.8 Å². The summed E-state index contributed by atoms with van der Waals surface area (Å²) in [7, 11) is -2.07. The average molecular weight is 468 g/mol. The number of sulfonamides is 1. The zero-order valence-electron chi connectivity index (χ0n) is 15.6. The van der Waals surface area contributed by atoms with Crippen LogP contribution in [0, 0.1) is 0 Å². The summed E-state index contributed by atoms with van der Waals surface area (Å²) in [5.74, 6) is -0.769. The number of unbranched alkanes of at least 4 members (excludes halogenated alkanes) is 2. The third kappa shape index (κ3) is 4.24. The highest BCUT2D eigenvalue weighted by Gasteiger charge is 2.36. The fourth-order valence-electron chi connectivity index (χ4n) is 3.61. The van der Waals surface area contributed by atoms with Gasteiger partial charge in [-0.15, -0.1) is 0 Å². The third-order valence-electron chi connectivity index (χ3n) is 5.06. The SMILES string of the molecule is CN1c2ccccc2C([NH2+]CCCCCC(=O)O)c2ccc(Br)cc2S1(=O)=O. The number of benzene rings is 2. The normalized spacial score (nSPS) is 17.5. The summed E-state index contributed by atoms with van der Waals surface area (Å²) in [6.45, 7) is 0.790. The van der Waals surface area contributed by atoms with Crippen molar-refractivity contribution in [3.8, 4) is 0 Å². The summed E-state index contributed by atoms with van der Waals surface area (Å²) in [5, 5.41) is 10.9. The van der Waals surface area contributed by atoms with Gasteiger partial charge >= 0.3 is 5.97 Å². The number of carboxylic acids is 1. The molecular weight excluding hydrogens is 444 g/mol. The lowest BCUT2D eigenvalue weighted by Crippen LogP contribution is -2.85. The lowest BCUT2D eigenvalue weighted by molar-refractivity contribution is -0.687. The molecule has 0 bridgehead atoms. The average Bonchev–Trinajstić information content (AvgIpc) is 2.72. The molecule has 1 atom stereocenters. The first kappa shape index (κ1) is 20.8. The van der Waals surface area contributed by atoms with Gasteiger partial charge in [0.25, 0.3) is 10.0 Å². The predicted octanol–water partition coefficient (Wildman–Crippen LogP) is 2.89. The van der Waals surface area contributed by atoms with E-state index in [2.05, 4.69) is 21.2 Å². The summed E-state index contributed by atoms with van der Waals surface area (Å²) in [4.78, 5) is 11.0. The van der Waals surface area contributed by atoms with Crippen LogP contribution in [0.5, 0.6) is 0 Å². The van der Waals surface area contributed by atoms with E-state index < -0.39 is 16.0 Å². The van der Waals surface area contributed by atoms with Crippen molar-refractivity contribution < 1.29 is 23.6 Å². The number of rotatable bonds is 7. The van der Waals surface area contributed by atoms with Gasteiger partial charge in [-0.05, 0) is 37.5 Å². The molecule has 0 aromatic heterocycles. The van der Waals surface area contributed by atoms with E-state index in [0.717, 1.165) is 35.0 Å². The van der Waals surface area contributed by atoms with Crippen molar-refractivity contribution in [3.63, 3.8) is 0 Å². The fraction of sp³-hybridized carbons (Fsp3) is 0.350.